The van der Waals surface area contributed by atoms with Crippen LogP contribution < -0.4 is 0 Å². The fourth-order valence-corrected chi connectivity index (χ4v) is 5.14. The molecule has 0 saturated heterocycles. The quantitative estimate of drug-likeness (QED) is 0.102. The first-order valence-corrected chi connectivity index (χ1v) is 14.9. The molecule has 0 aliphatic rings. The summed E-state index contributed by atoms with van der Waals surface area (Å²) in [6.07, 6.45) is 10.7. The van der Waals surface area contributed by atoms with Gasteiger partial charge in [0.1, 0.15) is 0 Å². The number of hydrogen-bond acceptors (Lipinski definition) is 15. The van der Waals surface area contributed by atoms with Crippen molar-refractivity contribution in [2.45, 2.75) is 107 Å². The molecule has 0 rings (SSSR count). The van der Waals surface area contributed by atoms with Crippen molar-refractivity contribution in [3.8, 4) is 0 Å². The average Bonchev–Trinajstić information content (AvgIpc) is 2.84. The van der Waals surface area contributed by atoms with Crippen LogP contribution in [0.3, 0.4) is 0 Å². The number of hydrogen-bond donors (Lipinski definition) is 0. The Morgan fingerprint density at radius 3 is 0.404 bits per heavy atom. The van der Waals surface area contributed by atoms with Crippen molar-refractivity contribution in [2.75, 3.05) is 52.4 Å². The number of rotatable bonds is 16. The standard InChI is InChI=1S/2C12H28N.Dy.5NO3/c2*1-5-9-13(10-6-2,11-7-3)12-8-4;;5*2-1(3)4/h2*5-12H2,1-4H3;;;;;;/q2*+1;+3;5*-1. The zero-order valence-electron chi connectivity index (χ0n) is 28.9. The molecule has 0 fully saturated rings. The van der Waals surface area contributed by atoms with E-state index >= 15 is 0 Å². The minimum absolute atomic E-state index is 0. The molecule has 22 nitrogen and oxygen atoms in total. The number of quaternary nitrogens is 2. The summed E-state index contributed by atoms with van der Waals surface area (Å²) in [6.45, 7) is 29.6. The minimum Gasteiger partial charge on any atom is -0.356 e. The molecule has 23 heteroatoms. The number of nitrogens with zero attached hydrogens (tertiary/aromatic N) is 7. The summed E-state index contributed by atoms with van der Waals surface area (Å²) >= 11 is 0. The summed E-state index contributed by atoms with van der Waals surface area (Å²) in [5, 5.41) is 73.8. The van der Waals surface area contributed by atoms with Crippen molar-refractivity contribution >= 4 is 0 Å². The van der Waals surface area contributed by atoms with Crippen molar-refractivity contribution in [2.24, 2.45) is 0 Å². The molecule has 0 saturated carbocycles. The first-order chi connectivity index (χ1) is 21.1. The van der Waals surface area contributed by atoms with Gasteiger partial charge >= 0.3 is 38.2 Å². The summed E-state index contributed by atoms with van der Waals surface area (Å²) in [5.41, 5.74) is 0. The van der Waals surface area contributed by atoms with Crippen LogP contribution in [0.1, 0.15) is 107 Å². The van der Waals surface area contributed by atoms with Crippen LogP contribution in [0, 0.1) is 115 Å². The Bertz CT molecular complexity index is 552. The van der Waals surface area contributed by atoms with Gasteiger partial charge in [0.05, 0.1) is 77.8 Å². The van der Waals surface area contributed by atoms with E-state index in [2.05, 4.69) is 55.4 Å². The van der Waals surface area contributed by atoms with E-state index in [1.54, 1.807) is 0 Å². The molecular weight excluding hydrogens is 789 g/mol. The topological polar surface area (TPSA) is 331 Å². The van der Waals surface area contributed by atoms with E-state index in [0.29, 0.717) is 0 Å². The summed E-state index contributed by atoms with van der Waals surface area (Å²) in [5.74, 6) is 0. The molecule has 0 spiro atoms. The minimum atomic E-state index is -1.75. The van der Waals surface area contributed by atoms with Gasteiger partial charge in [-0.1, -0.05) is 55.4 Å². The average molecular weight is 845 g/mol. The van der Waals surface area contributed by atoms with Gasteiger partial charge in [-0.25, -0.2) is 0 Å². The Labute approximate surface area is 307 Å². The van der Waals surface area contributed by atoms with Crippen LogP contribution in [-0.4, -0.2) is 86.8 Å². The van der Waals surface area contributed by atoms with Crippen molar-refractivity contribution in [3.63, 3.8) is 0 Å². The van der Waals surface area contributed by atoms with Gasteiger partial charge in [-0.2, -0.15) is 0 Å². The maximum atomic E-state index is 8.25. The molecule has 0 aliphatic carbocycles. The molecule has 0 aromatic heterocycles. The van der Waals surface area contributed by atoms with E-state index in [9.17, 15) is 0 Å². The summed E-state index contributed by atoms with van der Waals surface area (Å²) in [4.78, 5) is 41.2. The third-order valence-corrected chi connectivity index (χ3v) is 5.58. The van der Waals surface area contributed by atoms with Gasteiger partial charge in [0.15, 0.2) is 0 Å². The van der Waals surface area contributed by atoms with Crippen LogP contribution in [0.25, 0.3) is 0 Å². The molecular formula is C24H56DyN7O15. The van der Waals surface area contributed by atoms with Crippen molar-refractivity contribution in [3.05, 3.63) is 76.6 Å². The van der Waals surface area contributed by atoms with Crippen molar-refractivity contribution in [1.82, 2.24) is 0 Å². The summed E-state index contributed by atoms with van der Waals surface area (Å²) in [7, 11) is 0. The summed E-state index contributed by atoms with van der Waals surface area (Å²) < 4.78 is 2.75. The molecule has 47 heavy (non-hydrogen) atoms. The van der Waals surface area contributed by atoms with Crippen molar-refractivity contribution in [1.29, 1.82) is 0 Å². The normalized spacial score (nSPS) is 9.19. The Morgan fingerprint density at radius 1 is 0.298 bits per heavy atom. The van der Waals surface area contributed by atoms with E-state index < -0.39 is 25.4 Å². The molecule has 0 aromatic rings. The van der Waals surface area contributed by atoms with Gasteiger partial charge in [-0.3, -0.25) is 0 Å². The Morgan fingerprint density at radius 2 is 0.362 bits per heavy atom. The smallest absolute Gasteiger partial charge is 0.356 e. The molecule has 0 amide bonds. The van der Waals surface area contributed by atoms with Gasteiger partial charge in [0.25, 0.3) is 0 Å². The van der Waals surface area contributed by atoms with Crippen LogP contribution in [0.15, 0.2) is 0 Å². The van der Waals surface area contributed by atoms with E-state index in [-0.39, 0.29) is 38.2 Å². The van der Waals surface area contributed by atoms with Gasteiger partial charge in [-0.05, 0) is 51.4 Å². The first-order valence-electron chi connectivity index (χ1n) is 14.9. The zero-order chi connectivity index (χ0) is 38.2. The Hall–Kier alpha value is -2.81. The maximum absolute atomic E-state index is 8.25. The molecule has 1 radical (unpaired) electrons. The Balaban J connectivity index is -0.0000000686. The maximum Gasteiger partial charge on any atom is 3.00 e. The molecule has 0 unspecified atom stereocenters. The monoisotopic (exact) mass is 846 g/mol. The van der Waals surface area contributed by atoms with Gasteiger partial charge in [0, 0.05) is 0 Å². The first kappa shape index (κ1) is 62.9. The van der Waals surface area contributed by atoms with Crippen LogP contribution in [-0.2, 0) is 0 Å². The van der Waals surface area contributed by atoms with Crippen LogP contribution >= 0.6 is 0 Å². The third-order valence-electron chi connectivity index (χ3n) is 5.58. The van der Waals surface area contributed by atoms with Crippen molar-refractivity contribution < 1.29 is 72.6 Å². The third kappa shape index (κ3) is 86.0. The second-order valence-electron chi connectivity index (χ2n) is 9.59. The predicted octanol–water partition coefficient (Wildman–Crippen LogP) is 5.69. The fraction of sp³-hybridized carbons (Fsp3) is 1.00. The SMILES string of the molecule is CCC[N+](CCC)(CCC)CCC.CCC[N+](CCC)(CCC)CCC.O=[N+]([O-])[O-].O=[N+]([O-])[O-].O=[N+]([O-])[O-].O=[N+]([O-])[O-].O=[N+]([O-])[O-].[Dy+3]. The van der Waals surface area contributed by atoms with Gasteiger partial charge < -0.3 is 85.6 Å². The van der Waals surface area contributed by atoms with E-state index in [1.807, 2.05) is 0 Å². The van der Waals surface area contributed by atoms with Gasteiger partial charge in [-0.15, -0.1) is 0 Å². The largest absolute Gasteiger partial charge is 3.00 e. The van der Waals surface area contributed by atoms with E-state index in [4.69, 9.17) is 76.6 Å². The predicted molar refractivity (Wildman–Crippen MR) is 174 cm³/mol. The van der Waals surface area contributed by atoms with Crippen LogP contribution in [0.4, 0.5) is 0 Å². The molecule has 0 bridgehead atoms. The van der Waals surface area contributed by atoms with Crippen LogP contribution in [0.2, 0.25) is 0 Å². The Kier molecular flexibility index (Phi) is 63.7. The fourth-order valence-electron chi connectivity index (χ4n) is 5.14. The zero-order valence-corrected chi connectivity index (χ0v) is 30.9. The molecule has 0 aromatic carbocycles. The van der Waals surface area contributed by atoms with E-state index in [0.717, 1.165) is 0 Å². The summed E-state index contributed by atoms with van der Waals surface area (Å²) in [6, 6.07) is 0. The molecule has 0 aliphatic heterocycles. The van der Waals surface area contributed by atoms with Gasteiger partial charge in [0.2, 0.25) is 0 Å². The molecule has 287 valence electrons. The second-order valence-corrected chi connectivity index (χ2v) is 9.59. The van der Waals surface area contributed by atoms with Crippen LogP contribution in [0.5, 0.6) is 0 Å². The van der Waals surface area contributed by atoms with E-state index in [1.165, 1.54) is 113 Å². The molecule has 0 N–H and O–H groups in total. The molecule has 0 heterocycles. The second kappa shape index (κ2) is 47.6. The molecule has 0 atom stereocenters.